The van der Waals surface area contributed by atoms with E-state index < -0.39 is 0 Å². The second-order valence-corrected chi connectivity index (χ2v) is 7.12. The number of rotatable bonds is 1. The van der Waals surface area contributed by atoms with Crippen LogP contribution in [0.1, 0.15) is 46.7 Å². The Hall–Kier alpha value is -0.870. The smallest absolute Gasteiger partial charge is 0.264 e. The predicted octanol–water partition coefficient (Wildman–Crippen LogP) is 2.80. The van der Waals surface area contributed by atoms with Crippen molar-refractivity contribution in [1.82, 2.24) is 10.2 Å². The van der Waals surface area contributed by atoms with Crippen molar-refractivity contribution < 1.29 is 4.79 Å². The van der Waals surface area contributed by atoms with Crippen LogP contribution in [0.15, 0.2) is 12.1 Å². The maximum atomic E-state index is 12.8. The van der Waals surface area contributed by atoms with Crippen LogP contribution in [0, 0.1) is 6.92 Å². The summed E-state index contributed by atoms with van der Waals surface area (Å²) in [7, 11) is 0. The Balaban J connectivity index is 1.85. The Kier molecular flexibility index (Phi) is 3.63. The topological polar surface area (TPSA) is 32.3 Å². The number of aryl methyl sites for hydroxylation is 1. The summed E-state index contributed by atoms with van der Waals surface area (Å²) in [6.45, 7) is 4.83. The molecule has 1 saturated heterocycles. The van der Waals surface area contributed by atoms with Crippen molar-refractivity contribution >= 4 is 17.2 Å². The van der Waals surface area contributed by atoms with Gasteiger partial charge in [0.15, 0.2) is 0 Å². The van der Waals surface area contributed by atoms with Crippen LogP contribution in [0.2, 0.25) is 0 Å². The number of nitrogens with one attached hydrogen (secondary N) is 1. The molecule has 2 heterocycles. The second kappa shape index (κ2) is 5.25. The first-order valence-corrected chi connectivity index (χ1v) is 8.12. The molecule has 4 heteroatoms. The van der Waals surface area contributed by atoms with E-state index in [0.717, 1.165) is 37.4 Å². The first kappa shape index (κ1) is 13.1. The number of amides is 1. The normalized spacial score (nSPS) is 22.7. The molecule has 2 aliphatic rings. The molecule has 1 spiro atoms. The first-order chi connectivity index (χ1) is 9.21. The molecule has 2 fully saturated rings. The van der Waals surface area contributed by atoms with Gasteiger partial charge in [0.25, 0.3) is 5.91 Å². The summed E-state index contributed by atoms with van der Waals surface area (Å²) in [4.78, 5) is 17.1. The number of thiophene rings is 1. The summed E-state index contributed by atoms with van der Waals surface area (Å²) in [5.41, 5.74) is 0.0888. The lowest BCUT2D eigenvalue weighted by molar-refractivity contribution is 0.0227. The van der Waals surface area contributed by atoms with E-state index in [1.165, 1.54) is 24.1 Å². The highest BCUT2D eigenvalue weighted by atomic mass is 32.1. The van der Waals surface area contributed by atoms with E-state index in [4.69, 9.17) is 0 Å². The van der Waals surface area contributed by atoms with E-state index in [2.05, 4.69) is 17.1 Å². The van der Waals surface area contributed by atoms with Crippen LogP contribution in [0.3, 0.4) is 0 Å². The molecule has 1 amide bonds. The van der Waals surface area contributed by atoms with Crippen LogP contribution in [-0.2, 0) is 0 Å². The van der Waals surface area contributed by atoms with Crippen molar-refractivity contribution in [2.75, 3.05) is 19.6 Å². The van der Waals surface area contributed by atoms with Crippen LogP contribution in [0.4, 0.5) is 0 Å². The highest BCUT2D eigenvalue weighted by Gasteiger charge is 2.42. The summed E-state index contributed by atoms with van der Waals surface area (Å²) in [5, 5.41) is 3.50. The third-order valence-electron chi connectivity index (χ3n) is 4.52. The zero-order valence-corrected chi connectivity index (χ0v) is 12.4. The predicted molar refractivity (Wildman–Crippen MR) is 78.8 cm³/mol. The molecule has 1 N–H and O–H groups in total. The van der Waals surface area contributed by atoms with Gasteiger partial charge in [-0.05, 0) is 31.9 Å². The first-order valence-electron chi connectivity index (χ1n) is 7.30. The Bertz CT molecular complexity index is 454. The number of piperazine rings is 1. The molecule has 19 heavy (non-hydrogen) atoms. The molecule has 3 rings (SSSR count). The van der Waals surface area contributed by atoms with Gasteiger partial charge in [-0.25, -0.2) is 0 Å². The van der Waals surface area contributed by atoms with Crippen molar-refractivity contribution in [2.24, 2.45) is 0 Å². The van der Waals surface area contributed by atoms with Gasteiger partial charge in [-0.15, -0.1) is 11.3 Å². The lowest BCUT2D eigenvalue weighted by Gasteiger charge is -2.49. The average molecular weight is 278 g/mol. The van der Waals surface area contributed by atoms with Gasteiger partial charge < -0.3 is 10.2 Å². The summed E-state index contributed by atoms with van der Waals surface area (Å²) in [5.74, 6) is 0.251. The molecule has 0 atom stereocenters. The molecular weight excluding hydrogens is 256 g/mol. The van der Waals surface area contributed by atoms with Crippen LogP contribution >= 0.6 is 11.3 Å². The summed E-state index contributed by atoms with van der Waals surface area (Å²) in [6, 6.07) is 4.04. The molecule has 1 aromatic rings. The van der Waals surface area contributed by atoms with Crippen LogP contribution in [-0.4, -0.2) is 36.0 Å². The Morgan fingerprint density at radius 3 is 2.79 bits per heavy atom. The fourth-order valence-electron chi connectivity index (χ4n) is 3.50. The van der Waals surface area contributed by atoms with Gasteiger partial charge in [0, 0.05) is 24.5 Å². The van der Waals surface area contributed by atoms with E-state index in [1.54, 1.807) is 11.3 Å². The third kappa shape index (κ3) is 2.43. The second-order valence-electron chi connectivity index (χ2n) is 5.83. The molecule has 1 aliphatic carbocycles. The fourth-order valence-corrected chi connectivity index (χ4v) is 4.32. The van der Waals surface area contributed by atoms with Crippen molar-refractivity contribution in [3.05, 3.63) is 21.9 Å². The van der Waals surface area contributed by atoms with Gasteiger partial charge >= 0.3 is 0 Å². The minimum Gasteiger partial charge on any atom is -0.330 e. The quantitative estimate of drug-likeness (QED) is 0.856. The molecule has 3 nitrogen and oxygen atoms in total. The molecule has 0 radical (unpaired) electrons. The van der Waals surface area contributed by atoms with E-state index in [9.17, 15) is 4.79 Å². The Morgan fingerprint density at radius 1 is 1.32 bits per heavy atom. The van der Waals surface area contributed by atoms with E-state index in [1.807, 2.05) is 12.1 Å². The minimum absolute atomic E-state index is 0.0888. The monoisotopic (exact) mass is 278 g/mol. The Morgan fingerprint density at radius 2 is 2.11 bits per heavy atom. The zero-order valence-electron chi connectivity index (χ0n) is 11.6. The average Bonchev–Trinajstić information content (AvgIpc) is 2.86. The summed E-state index contributed by atoms with van der Waals surface area (Å²) < 4.78 is 0. The van der Waals surface area contributed by atoms with Gasteiger partial charge in [0.1, 0.15) is 0 Å². The number of hydrogen-bond donors (Lipinski definition) is 1. The largest absolute Gasteiger partial charge is 0.330 e. The molecule has 104 valence electrons. The van der Waals surface area contributed by atoms with Crippen LogP contribution in [0.5, 0.6) is 0 Å². The molecular formula is C15H22N2OS. The van der Waals surface area contributed by atoms with Gasteiger partial charge in [0.05, 0.1) is 10.4 Å². The molecule has 0 unspecified atom stereocenters. The molecule has 1 saturated carbocycles. The third-order valence-corrected chi connectivity index (χ3v) is 5.51. The van der Waals surface area contributed by atoms with Gasteiger partial charge in [-0.2, -0.15) is 0 Å². The number of hydrogen-bond acceptors (Lipinski definition) is 3. The lowest BCUT2D eigenvalue weighted by atomic mass is 9.79. The van der Waals surface area contributed by atoms with Gasteiger partial charge in [-0.3, -0.25) is 4.79 Å². The SMILES string of the molecule is Cc1ccc(C(=O)N2CCNCC23CCCCC3)s1. The zero-order chi connectivity index (χ0) is 13.3. The van der Waals surface area contributed by atoms with Crippen LogP contribution < -0.4 is 5.32 Å². The number of nitrogens with zero attached hydrogens (tertiary/aromatic N) is 1. The molecule has 0 bridgehead atoms. The van der Waals surface area contributed by atoms with Crippen molar-refractivity contribution in [2.45, 2.75) is 44.6 Å². The number of carbonyl (C=O) groups excluding carboxylic acids is 1. The highest BCUT2D eigenvalue weighted by molar-refractivity contribution is 7.13. The standard InChI is InChI=1S/C15H22N2OS/c1-12-5-6-13(19-12)14(18)17-10-9-16-11-15(17)7-3-2-4-8-15/h5-6,16H,2-4,7-11H2,1H3. The number of carbonyl (C=O) groups is 1. The van der Waals surface area contributed by atoms with Crippen molar-refractivity contribution in [3.8, 4) is 0 Å². The maximum absolute atomic E-state index is 12.8. The van der Waals surface area contributed by atoms with Crippen molar-refractivity contribution in [3.63, 3.8) is 0 Å². The minimum atomic E-state index is 0.0888. The van der Waals surface area contributed by atoms with Gasteiger partial charge in [-0.1, -0.05) is 19.3 Å². The van der Waals surface area contributed by atoms with E-state index in [0.29, 0.717) is 0 Å². The maximum Gasteiger partial charge on any atom is 0.264 e. The van der Waals surface area contributed by atoms with E-state index >= 15 is 0 Å². The Labute approximate surface area is 119 Å². The molecule has 1 aromatic heterocycles. The fraction of sp³-hybridized carbons (Fsp3) is 0.667. The van der Waals surface area contributed by atoms with Crippen LogP contribution in [0.25, 0.3) is 0 Å². The van der Waals surface area contributed by atoms with E-state index in [-0.39, 0.29) is 11.4 Å². The summed E-state index contributed by atoms with van der Waals surface area (Å²) in [6.07, 6.45) is 6.16. The molecule has 1 aliphatic heterocycles. The molecule has 0 aromatic carbocycles. The van der Waals surface area contributed by atoms with Crippen molar-refractivity contribution in [1.29, 1.82) is 0 Å². The van der Waals surface area contributed by atoms with Gasteiger partial charge in [0.2, 0.25) is 0 Å². The summed E-state index contributed by atoms with van der Waals surface area (Å²) >= 11 is 1.63. The highest BCUT2D eigenvalue weighted by Crippen LogP contribution is 2.36. The lowest BCUT2D eigenvalue weighted by Crippen LogP contribution is -2.63.